The molecule has 0 fully saturated rings. The van der Waals surface area contributed by atoms with E-state index in [0.29, 0.717) is 17.1 Å². The van der Waals surface area contributed by atoms with Gasteiger partial charge in [0.2, 0.25) is 0 Å². The Labute approximate surface area is 205 Å². The second-order valence-electron chi connectivity index (χ2n) is 7.82. The number of aromatic nitrogens is 1. The van der Waals surface area contributed by atoms with Crippen LogP contribution in [0.1, 0.15) is 21.7 Å². The van der Waals surface area contributed by atoms with Crippen LogP contribution in [0.5, 0.6) is 0 Å². The molecule has 6 heteroatoms. The zero-order valence-corrected chi connectivity index (χ0v) is 19.9. The topological polar surface area (TPSA) is 67.5 Å². The fraction of sp³-hybridized carbons (Fsp3) is 0.0357. The number of benzene rings is 3. The quantitative estimate of drug-likeness (QED) is 0.205. The standard InChI is InChI=1S/C28H20BrN3O2/c1-18-11-13-22(24(29)15-18)27-14-12-20(34-27)17-30-32-28(33)23-16-26(19-7-3-2-4-8-19)31-25-10-6-5-9-21(23)25/h2-17H,1H3,(H,32,33)/b30-17-. The number of para-hydroxylation sites is 1. The van der Waals surface area contributed by atoms with E-state index in [1.54, 1.807) is 6.07 Å². The van der Waals surface area contributed by atoms with Crippen molar-refractivity contribution >= 4 is 39.0 Å². The van der Waals surface area contributed by atoms with Gasteiger partial charge in [-0.1, -0.05) is 70.5 Å². The Balaban J connectivity index is 1.39. The van der Waals surface area contributed by atoms with Gasteiger partial charge in [0.05, 0.1) is 23.0 Å². The first-order valence-corrected chi connectivity index (χ1v) is 11.5. The highest BCUT2D eigenvalue weighted by Crippen LogP contribution is 2.30. The number of aryl methyl sites for hydroxylation is 1. The molecule has 0 unspecified atom stereocenters. The summed E-state index contributed by atoms with van der Waals surface area (Å²) in [6.45, 7) is 2.03. The molecule has 0 saturated carbocycles. The Morgan fingerprint density at radius 3 is 2.59 bits per heavy atom. The number of carbonyl (C=O) groups excluding carboxylic acids is 1. The highest BCUT2D eigenvalue weighted by atomic mass is 79.9. The third-order valence-corrected chi connectivity index (χ3v) is 6.06. The van der Waals surface area contributed by atoms with E-state index in [-0.39, 0.29) is 5.91 Å². The van der Waals surface area contributed by atoms with E-state index in [1.165, 1.54) is 6.21 Å². The molecule has 166 valence electrons. The molecule has 2 aromatic heterocycles. The Morgan fingerprint density at radius 1 is 0.971 bits per heavy atom. The van der Waals surface area contributed by atoms with Crippen molar-refractivity contribution in [3.05, 3.63) is 112 Å². The molecule has 5 rings (SSSR count). The molecule has 1 amide bonds. The van der Waals surface area contributed by atoms with Gasteiger partial charge in [0.1, 0.15) is 11.5 Å². The normalized spacial score (nSPS) is 11.2. The number of amides is 1. The molecule has 0 aliphatic rings. The molecule has 3 aromatic carbocycles. The summed E-state index contributed by atoms with van der Waals surface area (Å²) in [5.74, 6) is 0.930. The summed E-state index contributed by atoms with van der Waals surface area (Å²) in [7, 11) is 0. The van der Waals surface area contributed by atoms with Crippen LogP contribution in [-0.4, -0.2) is 17.1 Å². The number of pyridine rings is 1. The van der Waals surface area contributed by atoms with Crippen molar-refractivity contribution in [3.63, 3.8) is 0 Å². The lowest BCUT2D eigenvalue weighted by molar-refractivity contribution is 0.0956. The van der Waals surface area contributed by atoms with Gasteiger partial charge >= 0.3 is 0 Å². The summed E-state index contributed by atoms with van der Waals surface area (Å²) < 4.78 is 6.84. The monoisotopic (exact) mass is 509 g/mol. The molecule has 5 nitrogen and oxygen atoms in total. The highest BCUT2D eigenvalue weighted by molar-refractivity contribution is 9.10. The maximum absolute atomic E-state index is 13.0. The lowest BCUT2D eigenvalue weighted by atomic mass is 10.0. The van der Waals surface area contributed by atoms with Crippen LogP contribution >= 0.6 is 15.9 Å². The molecule has 0 spiro atoms. The number of nitrogens with one attached hydrogen (secondary N) is 1. The number of fused-ring (bicyclic) bond motifs is 1. The number of nitrogens with zero attached hydrogens (tertiary/aromatic N) is 2. The summed E-state index contributed by atoms with van der Waals surface area (Å²) in [5.41, 5.74) is 7.65. The minimum Gasteiger partial charge on any atom is -0.455 e. The van der Waals surface area contributed by atoms with Gasteiger partial charge in [0, 0.05) is 21.0 Å². The van der Waals surface area contributed by atoms with Crippen molar-refractivity contribution in [1.82, 2.24) is 10.4 Å². The predicted molar refractivity (Wildman–Crippen MR) is 139 cm³/mol. The smallest absolute Gasteiger partial charge is 0.272 e. The van der Waals surface area contributed by atoms with Crippen LogP contribution in [0, 0.1) is 6.92 Å². The molecule has 0 bridgehead atoms. The predicted octanol–water partition coefficient (Wildman–Crippen LogP) is 7.00. The number of hydrogen-bond donors (Lipinski definition) is 1. The molecule has 34 heavy (non-hydrogen) atoms. The molecule has 0 atom stereocenters. The van der Waals surface area contributed by atoms with Crippen LogP contribution in [0.3, 0.4) is 0 Å². The van der Waals surface area contributed by atoms with Crippen molar-refractivity contribution in [3.8, 4) is 22.6 Å². The lowest BCUT2D eigenvalue weighted by Crippen LogP contribution is -2.18. The van der Waals surface area contributed by atoms with Gasteiger partial charge in [-0.15, -0.1) is 0 Å². The van der Waals surface area contributed by atoms with E-state index in [9.17, 15) is 4.79 Å². The third kappa shape index (κ3) is 4.54. The molecule has 0 aliphatic heterocycles. The molecular weight excluding hydrogens is 490 g/mol. The zero-order chi connectivity index (χ0) is 23.5. The maximum atomic E-state index is 13.0. The average molecular weight is 510 g/mol. The maximum Gasteiger partial charge on any atom is 0.272 e. The number of rotatable bonds is 5. The Morgan fingerprint density at radius 2 is 1.76 bits per heavy atom. The zero-order valence-electron chi connectivity index (χ0n) is 18.3. The summed E-state index contributed by atoms with van der Waals surface area (Å²) in [6.07, 6.45) is 1.49. The van der Waals surface area contributed by atoms with Crippen LogP contribution in [0.2, 0.25) is 0 Å². The summed E-state index contributed by atoms with van der Waals surface area (Å²) in [5, 5.41) is 4.88. The van der Waals surface area contributed by atoms with Crippen molar-refractivity contribution in [2.24, 2.45) is 5.10 Å². The van der Waals surface area contributed by atoms with Crippen molar-refractivity contribution in [1.29, 1.82) is 0 Å². The number of carbonyl (C=O) groups is 1. The number of furan rings is 1. The fourth-order valence-electron chi connectivity index (χ4n) is 3.72. The largest absolute Gasteiger partial charge is 0.455 e. The second-order valence-corrected chi connectivity index (χ2v) is 8.68. The Hall–Kier alpha value is -4.03. The SMILES string of the molecule is Cc1ccc(-c2ccc(/C=N\NC(=O)c3cc(-c4ccccc4)nc4ccccc34)o2)c(Br)c1. The van der Waals surface area contributed by atoms with Gasteiger partial charge in [-0.3, -0.25) is 4.79 Å². The Bertz CT molecular complexity index is 1520. The summed E-state index contributed by atoms with van der Waals surface area (Å²) in [6, 6.07) is 28.9. The summed E-state index contributed by atoms with van der Waals surface area (Å²) in [4.78, 5) is 17.8. The van der Waals surface area contributed by atoms with Gasteiger partial charge in [-0.05, 0) is 48.9 Å². The first-order chi connectivity index (χ1) is 16.6. The van der Waals surface area contributed by atoms with Gasteiger partial charge in [0.25, 0.3) is 5.91 Å². The molecule has 1 N–H and O–H groups in total. The van der Waals surface area contributed by atoms with E-state index < -0.39 is 0 Å². The minimum atomic E-state index is -0.319. The lowest BCUT2D eigenvalue weighted by Gasteiger charge is -2.09. The molecular formula is C28H20BrN3O2. The number of hydrogen-bond acceptors (Lipinski definition) is 4. The van der Waals surface area contributed by atoms with E-state index in [2.05, 4.69) is 26.5 Å². The van der Waals surface area contributed by atoms with Crippen LogP contribution in [0.15, 0.2) is 105 Å². The third-order valence-electron chi connectivity index (χ3n) is 5.41. The first-order valence-electron chi connectivity index (χ1n) is 10.7. The summed E-state index contributed by atoms with van der Waals surface area (Å²) >= 11 is 3.58. The van der Waals surface area contributed by atoms with E-state index in [1.807, 2.05) is 91.9 Å². The van der Waals surface area contributed by atoms with Gasteiger partial charge in [0.15, 0.2) is 0 Å². The van der Waals surface area contributed by atoms with Crippen LogP contribution in [-0.2, 0) is 0 Å². The van der Waals surface area contributed by atoms with Crippen LogP contribution < -0.4 is 5.43 Å². The van der Waals surface area contributed by atoms with Crippen LogP contribution in [0.25, 0.3) is 33.5 Å². The molecule has 0 aliphatic carbocycles. The fourth-order valence-corrected chi connectivity index (χ4v) is 4.41. The van der Waals surface area contributed by atoms with Gasteiger partial charge in [-0.2, -0.15) is 5.10 Å². The van der Waals surface area contributed by atoms with E-state index in [0.717, 1.165) is 37.8 Å². The van der Waals surface area contributed by atoms with Crippen molar-refractivity contribution < 1.29 is 9.21 Å². The van der Waals surface area contributed by atoms with Gasteiger partial charge < -0.3 is 4.42 Å². The molecule has 5 aromatic rings. The van der Waals surface area contributed by atoms with E-state index in [4.69, 9.17) is 9.40 Å². The van der Waals surface area contributed by atoms with Gasteiger partial charge in [-0.25, -0.2) is 10.4 Å². The molecule has 0 saturated heterocycles. The molecule has 2 heterocycles. The number of halogens is 1. The first kappa shape index (κ1) is 21.8. The second kappa shape index (κ2) is 9.45. The van der Waals surface area contributed by atoms with Crippen LogP contribution in [0.4, 0.5) is 0 Å². The number of hydrazone groups is 1. The highest BCUT2D eigenvalue weighted by Gasteiger charge is 2.14. The Kier molecular flexibility index (Phi) is 6.06. The molecule has 0 radical (unpaired) electrons. The average Bonchev–Trinajstić information content (AvgIpc) is 3.32. The van der Waals surface area contributed by atoms with Crippen molar-refractivity contribution in [2.75, 3.05) is 0 Å². The van der Waals surface area contributed by atoms with E-state index >= 15 is 0 Å². The minimum absolute atomic E-state index is 0.319. The van der Waals surface area contributed by atoms with Crippen molar-refractivity contribution in [2.45, 2.75) is 6.92 Å².